The molecule has 22 heavy (non-hydrogen) atoms. The molecule has 0 spiro atoms. The first-order chi connectivity index (χ1) is 9.84. The molecule has 0 unspecified atom stereocenters. The third-order valence-electron chi connectivity index (χ3n) is 4.54. The second-order valence-electron chi connectivity index (χ2n) is 9.14. The first-order valence-corrected chi connectivity index (χ1v) is 8.22. The number of aryl methyl sites for hydroxylation is 1. The van der Waals surface area contributed by atoms with E-state index < -0.39 is 0 Å². The van der Waals surface area contributed by atoms with Crippen molar-refractivity contribution in [2.24, 2.45) is 5.41 Å². The van der Waals surface area contributed by atoms with Crippen LogP contribution in [0.2, 0.25) is 0 Å². The Balaban J connectivity index is 2.59. The number of carbonyl (C=O) groups excluding carboxylic acids is 1. The van der Waals surface area contributed by atoms with E-state index in [9.17, 15) is 4.79 Å². The zero-order valence-corrected chi connectivity index (χ0v) is 15.4. The molecule has 0 amide bonds. The average Bonchev–Trinajstić information content (AvgIpc) is 3.07. The third-order valence-corrected chi connectivity index (χ3v) is 4.54. The Morgan fingerprint density at radius 1 is 1.00 bits per heavy atom. The fourth-order valence-corrected chi connectivity index (χ4v) is 2.60. The average molecular weight is 302 g/mol. The van der Waals surface area contributed by atoms with Gasteiger partial charge in [0.25, 0.3) is 0 Å². The normalized spacial score (nSPS) is 17.3. The molecular formula is C20H30O2. The van der Waals surface area contributed by atoms with Crippen molar-refractivity contribution < 1.29 is 9.53 Å². The lowest BCUT2D eigenvalue weighted by Gasteiger charge is -2.30. The van der Waals surface area contributed by atoms with Gasteiger partial charge in [0.2, 0.25) is 0 Å². The van der Waals surface area contributed by atoms with Crippen LogP contribution in [-0.4, -0.2) is 5.97 Å². The quantitative estimate of drug-likeness (QED) is 0.547. The fraction of sp³-hybridized carbons (Fsp3) is 0.650. The van der Waals surface area contributed by atoms with E-state index in [0.29, 0.717) is 0 Å². The predicted molar refractivity (Wildman–Crippen MR) is 91.6 cm³/mol. The molecule has 0 saturated heterocycles. The van der Waals surface area contributed by atoms with Crippen molar-refractivity contribution in [3.8, 4) is 5.75 Å². The molecule has 0 N–H and O–H groups in total. The van der Waals surface area contributed by atoms with E-state index in [4.69, 9.17) is 4.74 Å². The Hall–Kier alpha value is -1.31. The maximum atomic E-state index is 12.5. The summed E-state index contributed by atoms with van der Waals surface area (Å²) in [6.45, 7) is 17.1. The molecule has 0 radical (unpaired) electrons. The van der Waals surface area contributed by atoms with E-state index >= 15 is 0 Å². The van der Waals surface area contributed by atoms with Gasteiger partial charge in [-0.05, 0) is 37.5 Å². The number of carbonyl (C=O) groups is 1. The van der Waals surface area contributed by atoms with E-state index in [1.54, 1.807) is 0 Å². The third kappa shape index (κ3) is 3.37. The molecule has 0 atom stereocenters. The molecule has 1 aromatic rings. The highest BCUT2D eigenvalue weighted by molar-refractivity contribution is 5.82. The van der Waals surface area contributed by atoms with Crippen molar-refractivity contribution in [1.82, 2.24) is 0 Å². The van der Waals surface area contributed by atoms with Crippen molar-refractivity contribution in [1.29, 1.82) is 0 Å². The molecule has 122 valence electrons. The molecule has 1 aliphatic carbocycles. The summed E-state index contributed by atoms with van der Waals surface area (Å²) in [5, 5.41) is 0. The van der Waals surface area contributed by atoms with Gasteiger partial charge in [0.05, 0.1) is 5.41 Å². The van der Waals surface area contributed by atoms with Crippen LogP contribution >= 0.6 is 0 Å². The Bertz CT molecular complexity index is 558. The van der Waals surface area contributed by atoms with Crippen molar-refractivity contribution in [3.05, 3.63) is 28.8 Å². The first kappa shape index (κ1) is 17.1. The fourth-order valence-electron chi connectivity index (χ4n) is 2.60. The van der Waals surface area contributed by atoms with Gasteiger partial charge in [0, 0.05) is 11.1 Å². The second kappa shape index (κ2) is 5.11. The second-order valence-corrected chi connectivity index (χ2v) is 9.14. The van der Waals surface area contributed by atoms with Crippen LogP contribution in [-0.2, 0) is 15.6 Å². The maximum Gasteiger partial charge on any atom is 0.317 e. The van der Waals surface area contributed by atoms with Gasteiger partial charge in [-0.1, -0.05) is 59.2 Å². The monoisotopic (exact) mass is 302 g/mol. The standard InChI is InChI=1S/C20H30O2/c1-13-11-14(18(2,3)4)16(15(12-13)19(5,6)7)22-17(21)20(8)9-10-20/h11-12H,9-10H2,1-8H3. The maximum absolute atomic E-state index is 12.5. The lowest BCUT2D eigenvalue weighted by molar-refractivity contribution is -0.139. The number of hydrogen-bond acceptors (Lipinski definition) is 2. The molecule has 0 aliphatic heterocycles. The predicted octanol–water partition coefficient (Wildman–Crippen LogP) is 5.30. The number of benzene rings is 1. The minimum Gasteiger partial charge on any atom is -0.425 e. The highest BCUT2D eigenvalue weighted by Crippen LogP contribution is 2.48. The summed E-state index contributed by atoms with van der Waals surface area (Å²) in [5.74, 6) is 0.705. The van der Waals surface area contributed by atoms with Gasteiger partial charge in [-0.2, -0.15) is 0 Å². The van der Waals surface area contributed by atoms with Gasteiger partial charge in [-0.15, -0.1) is 0 Å². The van der Waals surface area contributed by atoms with E-state index in [0.717, 1.165) is 29.7 Å². The minimum atomic E-state index is -0.269. The molecule has 0 bridgehead atoms. The first-order valence-electron chi connectivity index (χ1n) is 8.22. The van der Waals surface area contributed by atoms with Crippen LogP contribution in [0.25, 0.3) is 0 Å². The van der Waals surface area contributed by atoms with Crippen LogP contribution in [0.3, 0.4) is 0 Å². The van der Waals surface area contributed by atoms with Crippen molar-refractivity contribution in [3.63, 3.8) is 0 Å². The number of ether oxygens (including phenoxy) is 1. The van der Waals surface area contributed by atoms with E-state index in [1.807, 2.05) is 6.92 Å². The van der Waals surface area contributed by atoms with Gasteiger partial charge in [0.15, 0.2) is 0 Å². The molecular weight excluding hydrogens is 272 g/mol. The summed E-state index contributed by atoms with van der Waals surface area (Å²) in [6.07, 6.45) is 1.88. The zero-order valence-electron chi connectivity index (χ0n) is 15.4. The van der Waals surface area contributed by atoms with Crippen LogP contribution in [0.4, 0.5) is 0 Å². The molecule has 1 saturated carbocycles. The van der Waals surface area contributed by atoms with Crippen LogP contribution < -0.4 is 4.74 Å². The summed E-state index contributed by atoms with van der Waals surface area (Å²) in [6, 6.07) is 4.32. The summed E-state index contributed by atoms with van der Waals surface area (Å²) < 4.78 is 5.97. The summed E-state index contributed by atoms with van der Waals surface area (Å²) >= 11 is 0. The van der Waals surface area contributed by atoms with E-state index in [-0.39, 0.29) is 22.2 Å². The highest BCUT2D eigenvalue weighted by atomic mass is 16.5. The molecule has 1 fully saturated rings. The van der Waals surface area contributed by atoms with Gasteiger partial charge in [-0.3, -0.25) is 4.79 Å². The minimum absolute atomic E-state index is 0.0634. The largest absolute Gasteiger partial charge is 0.425 e. The molecule has 0 aromatic heterocycles. The van der Waals surface area contributed by atoms with Gasteiger partial charge in [0.1, 0.15) is 5.75 Å². The summed E-state index contributed by atoms with van der Waals surface area (Å²) in [7, 11) is 0. The smallest absolute Gasteiger partial charge is 0.317 e. The van der Waals surface area contributed by atoms with Gasteiger partial charge >= 0.3 is 5.97 Å². The molecule has 1 aliphatic rings. The highest BCUT2D eigenvalue weighted by Gasteiger charge is 2.47. The zero-order chi connectivity index (χ0) is 16.9. The lowest BCUT2D eigenvalue weighted by atomic mass is 9.78. The van der Waals surface area contributed by atoms with Crippen LogP contribution in [0.15, 0.2) is 12.1 Å². The molecule has 2 rings (SSSR count). The SMILES string of the molecule is Cc1cc(C(C)(C)C)c(OC(=O)C2(C)CC2)c(C(C)(C)C)c1. The van der Waals surface area contributed by atoms with Crippen molar-refractivity contribution in [2.45, 2.75) is 79.1 Å². The van der Waals surface area contributed by atoms with Crippen molar-refractivity contribution in [2.75, 3.05) is 0 Å². The Morgan fingerprint density at radius 2 is 1.41 bits per heavy atom. The topological polar surface area (TPSA) is 26.3 Å². The van der Waals surface area contributed by atoms with E-state index in [1.165, 1.54) is 5.56 Å². The number of rotatable bonds is 2. The Kier molecular flexibility index (Phi) is 3.96. The lowest BCUT2D eigenvalue weighted by Crippen LogP contribution is -2.25. The molecule has 1 aromatic carbocycles. The number of hydrogen-bond donors (Lipinski definition) is 0. The molecule has 2 heteroatoms. The van der Waals surface area contributed by atoms with E-state index in [2.05, 4.69) is 60.6 Å². The molecule has 0 heterocycles. The van der Waals surface area contributed by atoms with Crippen LogP contribution in [0.1, 0.15) is 78.0 Å². The van der Waals surface area contributed by atoms with Crippen LogP contribution in [0, 0.1) is 12.3 Å². The van der Waals surface area contributed by atoms with Gasteiger partial charge < -0.3 is 4.74 Å². The number of esters is 1. The molecule has 2 nitrogen and oxygen atoms in total. The van der Waals surface area contributed by atoms with Gasteiger partial charge in [-0.25, -0.2) is 0 Å². The summed E-state index contributed by atoms with van der Waals surface area (Å²) in [4.78, 5) is 12.5. The van der Waals surface area contributed by atoms with Crippen molar-refractivity contribution >= 4 is 5.97 Å². The summed E-state index contributed by atoms with van der Waals surface area (Å²) in [5.41, 5.74) is 3.06. The van der Waals surface area contributed by atoms with Crippen LogP contribution in [0.5, 0.6) is 5.75 Å². The Labute approximate surface area is 135 Å². The Morgan fingerprint density at radius 3 is 1.73 bits per heavy atom.